The summed E-state index contributed by atoms with van der Waals surface area (Å²) < 4.78 is 0. The molecule has 2 heterocycles. The highest BCUT2D eigenvalue weighted by atomic mass is 16.2. The summed E-state index contributed by atoms with van der Waals surface area (Å²) in [6.45, 7) is 3.01. The molecule has 5 heteroatoms. The summed E-state index contributed by atoms with van der Waals surface area (Å²) in [6.07, 6.45) is 2.43. The minimum atomic E-state index is -0.178. The first kappa shape index (κ1) is 13.7. The van der Waals surface area contributed by atoms with Crippen molar-refractivity contribution in [2.24, 2.45) is 0 Å². The van der Waals surface area contributed by atoms with E-state index in [1.165, 1.54) is 11.1 Å². The summed E-state index contributed by atoms with van der Waals surface area (Å²) in [5, 5.41) is 6.21. The average Bonchev–Trinajstić information content (AvgIpc) is 2.52. The highest BCUT2D eigenvalue weighted by molar-refractivity contribution is 5.82. The number of nitrogens with zero attached hydrogens (tertiary/aromatic N) is 2. The van der Waals surface area contributed by atoms with Crippen LogP contribution < -0.4 is 10.6 Å². The van der Waals surface area contributed by atoms with Crippen molar-refractivity contribution in [3.63, 3.8) is 0 Å². The number of fused-ring (bicyclic) bond motifs is 1. The predicted molar refractivity (Wildman–Crippen MR) is 79.4 cm³/mol. The Morgan fingerprint density at radius 3 is 2.95 bits per heavy atom. The van der Waals surface area contributed by atoms with Crippen molar-refractivity contribution >= 4 is 5.91 Å². The van der Waals surface area contributed by atoms with Gasteiger partial charge in [0.05, 0.1) is 18.3 Å². The van der Waals surface area contributed by atoms with Crippen LogP contribution in [0.5, 0.6) is 0 Å². The molecule has 3 rings (SSSR count). The van der Waals surface area contributed by atoms with Gasteiger partial charge in [0.25, 0.3) is 0 Å². The predicted octanol–water partition coefficient (Wildman–Crippen LogP) is 1.12. The quantitative estimate of drug-likeness (QED) is 0.885. The van der Waals surface area contributed by atoms with Gasteiger partial charge in [-0.05, 0) is 30.5 Å². The summed E-state index contributed by atoms with van der Waals surface area (Å²) in [5.41, 5.74) is 3.34. The van der Waals surface area contributed by atoms with Crippen LogP contribution in [0, 0.1) is 6.92 Å². The Hall–Kier alpha value is -2.27. The Morgan fingerprint density at radius 1 is 1.33 bits per heavy atom. The number of benzene rings is 1. The molecule has 0 bridgehead atoms. The average molecular weight is 282 g/mol. The van der Waals surface area contributed by atoms with Gasteiger partial charge in [-0.3, -0.25) is 4.79 Å². The van der Waals surface area contributed by atoms with E-state index in [-0.39, 0.29) is 11.9 Å². The number of amides is 1. The first-order chi connectivity index (χ1) is 10.2. The molecule has 0 saturated heterocycles. The molecule has 1 amide bonds. The van der Waals surface area contributed by atoms with E-state index in [0.717, 1.165) is 18.7 Å². The molecule has 0 aliphatic carbocycles. The van der Waals surface area contributed by atoms with E-state index >= 15 is 0 Å². The van der Waals surface area contributed by atoms with E-state index in [2.05, 4.69) is 32.7 Å². The molecule has 0 radical (unpaired) electrons. The Balaban J connectivity index is 1.59. The third-order valence-corrected chi connectivity index (χ3v) is 3.68. The van der Waals surface area contributed by atoms with Gasteiger partial charge in [-0.2, -0.15) is 0 Å². The fraction of sp³-hybridized carbons (Fsp3) is 0.312. The Kier molecular flexibility index (Phi) is 3.92. The zero-order valence-corrected chi connectivity index (χ0v) is 12.0. The standard InChI is InChI=1S/C16H18N4O/c1-11-17-7-6-14(20-11)10-19-16(21)15-8-12-4-2-3-5-13(12)9-18-15/h2-7,15,18H,8-10H2,1H3,(H,19,21). The number of aryl methyl sites for hydroxylation is 1. The number of aromatic nitrogens is 2. The van der Waals surface area contributed by atoms with Crippen molar-refractivity contribution in [1.82, 2.24) is 20.6 Å². The van der Waals surface area contributed by atoms with E-state index in [0.29, 0.717) is 12.4 Å². The van der Waals surface area contributed by atoms with E-state index in [1.807, 2.05) is 25.1 Å². The van der Waals surface area contributed by atoms with Gasteiger partial charge in [0, 0.05) is 12.7 Å². The van der Waals surface area contributed by atoms with E-state index in [9.17, 15) is 4.79 Å². The molecule has 0 saturated carbocycles. The second kappa shape index (κ2) is 6.01. The fourth-order valence-corrected chi connectivity index (χ4v) is 2.54. The molecule has 0 spiro atoms. The number of hydrogen-bond donors (Lipinski definition) is 2. The largest absolute Gasteiger partial charge is 0.349 e. The molecule has 1 aromatic carbocycles. The van der Waals surface area contributed by atoms with Crippen molar-refractivity contribution in [2.75, 3.05) is 0 Å². The molecule has 108 valence electrons. The molecule has 1 aliphatic rings. The van der Waals surface area contributed by atoms with Crippen molar-refractivity contribution in [3.8, 4) is 0 Å². The molecule has 2 N–H and O–H groups in total. The molecule has 1 atom stereocenters. The second-order valence-electron chi connectivity index (χ2n) is 5.22. The van der Waals surface area contributed by atoms with Crippen LogP contribution in [-0.4, -0.2) is 21.9 Å². The van der Waals surface area contributed by atoms with Crippen LogP contribution in [0.2, 0.25) is 0 Å². The maximum absolute atomic E-state index is 12.2. The molecule has 5 nitrogen and oxygen atoms in total. The van der Waals surface area contributed by atoms with E-state index in [4.69, 9.17) is 0 Å². The zero-order chi connectivity index (χ0) is 14.7. The van der Waals surface area contributed by atoms with Crippen molar-refractivity contribution in [1.29, 1.82) is 0 Å². The maximum atomic E-state index is 12.2. The SMILES string of the molecule is Cc1nccc(CNC(=O)C2Cc3ccccc3CN2)n1. The number of hydrogen-bond acceptors (Lipinski definition) is 4. The highest BCUT2D eigenvalue weighted by Crippen LogP contribution is 2.16. The number of carbonyl (C=O) groups is 1. The summed E-state index contributed by atoms with van der Waals surface area (Å²) in [4.78, 5) is 20.6. The third-order valence-electron chi connectivity index (χ3n) is 3.68. The van der Waals surface area contributed by atoms with Crippen LogP contribution in [0.4, 0.5) is 0 Å². The first-order valence-corrected chi connectivity index (χ1v) is 7.09. The van der Waals surface area contributed by atoms with Crippen LogP contribution >= 0.6 is 0 Å². The fourth-order valence-electron chi connectivity index (χ4n) is 2.54. The minimum Gasteiger partial charge on any atom is -0.349 e. The molecule has 1 unspecified atom stereocenters. The van der Waals surface area contributed by atoms with Crippen LogP contribution in [0.25, 0.3) is 0 Å². The zero-order valence-electron chi connectivity index (χ0n) is 12.0. The summed E-state index contributed by atoms with van der Waals surface area (Å²) >= 11 is 0. The molecule has 2 aromatic rings. The van der Waals surface area contributed by atoms with Gasteiger partial charge >= 0.3 is 0 Å². The van der Waals surface area contributed by atoms with E-state index in [1.54, 1.807) is 6.20 Å². The normalized spacial score (nSPS) is 17.1. The van der Waals surface area contributed by atoms with Crippen molar-refractivity contribution in [3.05, 3.63) is 59.2 Å². The van der Waals surface area contributed by atoms with Gasteiger partial charge in [0.15, 0.2) is 0 Å². The third kappa shape index (κ3) is 3.25. The topological polar surface area (TPSA) is 66.9 Å². The Morgan fingerprint density at radius 2 is 2.14 bits per heavy atom. The molecule has 1 aliphatic heterocycles. The lowest BCUT2D eigenvalue weighted by atomic mass is 9.95. The Labute approximate surface area is 123 Å². The molecular formula is C16H18N4O. The molecule has 0 fully saturated rings. The van der Waals surface area contributed by atoms with Gasteiger partial charge in [0.1, 0.15) is 5.82 Å². The van der Waals surface area contributed by atoms with Crippen LogP contribution in [0.15, 0.2) is 36.5 Å². The minimum absolute atomic E-state index is 0.0146. The molecule has 1 aromatic heterocycles. The lowest BCUT2D eigenvalue weighted by Gasteiger charge is -2.25. The van der Waals surface area contributed by atoms with Crippen molar-refractivity contribution < 1.29 is 4.79 Å². The van der Waals surface area contributed by atoms with E-state index < -0.39 is 0 Å². The monoisotopic (exact) mass is 282 g/mol. The smallest absolute Gasteiger partial charge is 0.237 e. The van der Waals surface area contributed by atoms with Crippen LogP contribution in [-0.2, 0) is 24.3 Å². The van der Waals surface area contributed by atoms with Gasteiger partial charge in [-0.15, -0.1) is 0 Å². The number of nitrogens with one attached hydrogen (secondary N) is 2. The molecule has 21 heavy (non-hydrogen) atoms. The van der Waals surface area contributed by atoms with Gasteiger partial charge in [-0.1, -0.05) is 24.3 Å². The summed E-state index contributed by atoms with van der Waals surface area (Å²) in [7, 11) is 0. The number of carbonyl (C=O) groups excluding carboxylic acids is 1. The summed E-state index contributed by atoms with van der Waals surface area (Å²) in [5.74, 6) is 0.729. The Bertz CT molecular complexity index is 656. The highest BCUT2D eigenvalue weighted by Gasteiger charge is 2.23. The van der Waals surface area contributed by atoms with Gasteiger partial charge in [0.2, 0.25) is 5.91 Å². The lowest BCUT2D eigenvalue weighted by molar-refractivity contribution is -0.123. The second-order valence-corrected chi connectivity index (χ2v) is 5.22. The maximum Gasteiger partial charge on any atom is 0.237 e. The lowest BCUT2D eigenvalue weighted by Crippen LogP contribution is -2.47. The van der Waals surface area contributed by atoms with Crippen LogP contribution in [0.3, 0.4) is 0 Å². The first-order valence-electron chi connectivity index (χ1n) is 7.09. The summed E-state index contributed by atoms with van der Waals surface area (Å²) in [6, 6.07) is 9.87. The van der Waals surface area contributed by atoms with Gasteiger partial charge in [-0.25, -0.2) is 9.97 Å². The van der Waals surface area contributed by atoms with Gasteiger partial charge < -0.3 is 10.6 Å². The number of rotatable bonds is 3. The van der Waals surface area contributed by atoms with Crippen molar-refractivity contribution in [2.45, 2.75) is 32.5 Å². The van der Waals surface area contributed by atoms with Crippen LogP contribution in [0.1, 0.15) is 22.6 Å². The molecular weight excluding hydrogens is 264 g/mol.